The van der Waals surface area contributed by atoms with Crippen LogP contribution in [0, 0.1) is 0 Å². The third-order valence-electron chi connectivity index (χ3n) is 2.40. The first-order valence-corrected chi connectivity index (χ1v) is 14.5. The molecule has 2 rings (SSSR count). The number of rotatable bonds is 5. The molecule has 0 aromatic heterocycles. The van der Waals surface area contributed by atoms with Gasteiger partial charge in [-0.25, -0.2) is 0 Å². The van der Waals surface area contributed by atoms with E-state index in [0.29, 0.717) is 10.6 Å². The second kappa shape index (κ2) is 7.06. The van der Waals surface area contributed by atoms with Crippen molar-refractivity contribution in [3.63, 3.8) is 0 Å². The van der Waals surface area contributed by atoms with Gasteiger partial charge in [0.05, 0.1) is 0 Å². The summed E-state index contributed by atoms with van der Waals surface area (Å²) in [4.78, 5) is 10.4. The monoisotopic (exact) mass is 378 g/mol. The Morgan fingerprint density at radius 3 is 1.85 bits per heavy atom. The lowest BCUT2D eigenvalue weighted by Gasteiger charge is -2.17. The smallest absolute Gasteiger partial charge is 0.226 e. The third kappa shape index (κ3) is 4.41. The average molecular weight is 378 g/mol. The zero-order chi connectivity index (χ0) is 14.6. The summed E-state index contributed by atoms with van der Waals surface area (Å²) in [5.74, 6) is 0. The van der Waals surface area contributed by atoms with Gasteiger partial charge in [0, 0.05) is 10.6 Å². The lowest BCUT2D eigenvalue weighted by atomic mass is 10.4. The third-order valence-corrected chi connectivity index (χ3v) is 18.3. The van der Waals surface area contributed by atoms with E-state index in [-0.39, 0.29) is 0 Å². The highest BCUT2D eigenvalue weighted by molar-refractivity contribution is 9.23. The van der Waals surface area contributed by atoms with Crippen LogP contribution in [0.25, 0.3) is 0 Å². The van der Waals surface area contributed by atoms with Gasteiger partial charge in [-0.2, -0.15) is 0 Å². The van der Waals surface area contributed by atoms with Crippen molar-refractivity contribution in [2.45, 2.75) is 0 Å². The van der Waals surface area contributed by atoms with E-state index < -0.39 is 11.0 Å². The minimum atomic E-state index is -2.89. The van der Waals surface area contributed by atoms with E-state index in [1.165, 1.54) is 0 Å². The number of hydrogen-bond donors (Lipinski definition) is 2. The molecule has 0 fully saturated rings. The number of benzene rings is 2. The molecule has 0 saturated carbocycles. The first-order chi connectivity index (χ1) is 9.42. The van der Waals surface area contributed by atoms with Crippen molar-refractivity contribution in [2.75, 3.05) is 0 Å². The molecule has 20 heavy (non-hydrogen) atoms. The van der Waals surface area contributed by atoms with Gasteiger partial charge >= 0.3 is 0 Å². The Balaban J connectivity index is 2.12. The molecule has 2 unspecified atom stereocenters. The first-order valence-electron chi connectivity index (χ1n) is 5.57. The van der Waals surface area contributed by atoms with Gasteiger partial charge in [0.1, 0.15) is 0 Å². The SMILES string of the molecule is O=P(S)(SSP(O)(=S)c1ccccc1)c1ccccc1. The number of hydrogen-bond acceptors (Lipinski definition) is 4. The van der Waals surface area contributed by atoms with E-state index in [1.54, 1.807) is 24.3 Å². The average Bonchev–Trinajstić information content (AvgIpc) is 2.47. The topological polar surface area (TPSA) is 37.3 Å². The molecule has 2 nitrogen and oxygen atoms in total. The first kappa shape index (κ1) is 16.7. The van der Waals surface area contributed by atoms with Gasteiger partial charge in [-0.1, -0.05) is 60.8 Å². The highest BCUT2D eigenvalue weighted by Gasteiger charge is 2.26. The molecule has 0 bridgehead atoms. The molecule has 0 aliphatic rings. The maximum absolute atomic E-state index is 12.6. The van der Waals surface area contributed by atoms with Gasteiger partial charge in [-0.3, -0.25) is 4.57 Å². The van der Waals surface area contributed by atoms with Gasteiger partial charge in [-0.05, 0) is 44.8 Å². The summed E-state index contributed by atoms with van der Waals surface area (Å²) in [6.07, 6.45) is 0. The molecule has 0 aliphatic heterocycles. The van der Waals surface area contributed by atoms with Crippen LogP contribution in [0.15, 0.2) is 60.7 Å². The maximum atomic E-state index is 12.6. The zero-order valence-electron chi connectivity index (χ0n) is 10.2. The summed E-state index contributed by atoms with van der Waals surface area (Å²) in [5, 5.41) is 1.36. The van der Waals surface area contributed by atoms with E-state index in [2.05, 4.69) is 12.2 Å². The van der Waals surface area contributed by atoms with Gasteiger partial charge in [-0.15, -0.1) is 0 Å². The van der Waals surface area contributed by atoms with Crippen LogP contribution in [0.3, 0.4) is 0 Å². The van der Waals surface area contributed by atoms with Crippen molar-refractivity contribution in [3.8, 4) is 0 Å². The van der Waals surface area contributed by atoms with Gasteiger partial charge in [0.25, 0.3) is 0 Å². The summed E-state index contributed by atoms with van der Waals surface area (Å²) >= 11 is 9.54. The molecule has 0 aliphatic carbocycles. The fourth-order valence-electron chi connectivity index (χ4n) is 1.41. The maximum Gasteiger partial charge on any atom is 0.226 e. The molecule has 0 saturated heterocycles. The van der Waals surface area contributed by atoms with Crippen molar-refractivity contribution in [1.29, 1.82) is 0 Å². The van der Waals surface area contributed by atoms with E-state index in [0.717, 1.165) is 20.8 Å². The standard InChI is InChI=1S/C12H12O2P2S4/c13-15(17,11-7-3-1-4-8-11)19-20-16(14,18)12-9-5-2-6-10-12/h1-10H,(H,13,17)(H,14,18). The second-order valence-corrected chi connectivity index (χ2v) is 18.8. The minimum Gasteiger partial charge on any atom is -0.353 e. The quantitative estimate of drug-likeness (QED) is 0.457. The molecule has 2 atom stereocenters. The van der Waals surface area contributed by atoms with Crippen molar-refractivity contribution < 1.29 is 9.46 Å². The van der Waals surface area contributed by atoms with Crippen LogP contribution in [-0.2, 0) is 16.4 Å². The van der Waals surface area contributed by atoms with Gasteiger partial charge < -0.3 is 4.89 Å². The van der Waals surface area contributed by atoms with Gasteiger partial charge in [0.15, 0.2) is 5.47 Å². The summed E-state index contributed by atoms with van der Waals surface area (Å²) in [7, 11) is 2.16. The van der Waals surface area contributed by atoms with Crippen LogP contribution < -0.4 is 10.6 Å². The molecule has 0 spiro atoms. The predicted molar refractivity (Wildman–Crippen MR) is 100 cm³/mol. The van der Waals surface area contributed by atoms with Crippen molar-refractivity contribution in [2.24, 2.45) is 0 Å². The molecule has 0 amide bonds. The molecule has 0 radical (unpaired) electrons. The molecule has 2 aromatic carbocycles. The second-order valence-electron chi connectivity index (χ2n) is 3.86. The Bertz CT molecular complexity index is 604. The van der Waals surface area contributed by atoms with Crippen molar-refractivity contribution >= 4 is 66.5 Å². The van der Waals surface area contributed by atoms with Crippen LogP contribution in [0.5, 0.6) is 0 Å². The summed E-state index contributed by atoms with van der Waals surface area (Å²) in [6.45, 7) is 0. The Morgan fingerprint density at radius 1 is 0.900 bits per heavy atom. The van der Waals surface area contributed by atoms with E-state index in [1.807, 2.05) is 36.4 Å². The molecule has 0 heterocycles. The minimum absolute atomic E-state index is 0.656. The van der Waals surface area contributed by atoms with E-state index in [9.17, 15) is 9.46 Å². The summed E-state index contributed by atoms with van der Waals surface area (Å²) in [6, 6.07) is 18.1. The van der Waals surface area contributed by atoms with Crippen molar-refractivity contribution in [1.82, 2.24) is 0 Å². The van der Waals surface area contributed by atoms with Crippen LogP contribution in [0.4, 0.5) is 0 Å². The molecule has 1 N–H and O–H groups in total. The molecule has 8 heteroatoms. The fraction of sp³-hybridized carbons (Fsp3) is 0. The molecular formula is C12H12O2P2S4. The summed E-state index contributed by atoms with van der Waals surface area (Å²) in [5.41, 5.74) is -5.66. The highest BCUT2D eigenvalue weighted by atomic mass is 33.6. The Hall–Kier alpha value is 0.330. The normalized spacial score (nSPS) is 17.1. The predicted octanol–water partition coefficient (Wildman–Crippen LogP) is 4.44. The lowest BCUT2D eigenvalue weighted by molar-refractivity contribution is 0.599. The highest BCUT2D eigenvalue weighted by Crippen LogP contribution is 2.75. The lowest BCUT2D eigenvalue weighted by Crippen LogP contribution is -1.99. The largest absolute Gasteiger partial charge is 0.353 e. The van der Waals surface area contributed by atoms with Crippen LogP contribution in [0.2, 0.25) is 0 Å². The number of thiol groups is 1. The fourth-order valence-corrected chi connectivity index (χ4v) is 18.1. The molecule has 106 valence electrons. The Labute approximate surface area is 136 Å². The van der Waals surface area contributed by atoms with E-state index in [4.69, 9.17) is 11.8 Å². The van der Waals surface area contributed by atoms with E-state index >= 15 is 0 Å². The van der Waals surface area contributed by atoms with Gasteiger partial charge in [0.2, 0.25) is 5.55 Å². The Morgan fingerprint density at radius 2 is 1.35 bits per heavy atom. The Kier molecular flexibility index (Phi) is 5.89. The zero-order valence-corrected chi connectivity index (χ0v) is 15.3. The van der Waals surface area contributed by atoms with Crippen molar-refractivity contribution in [3.05, 3.63) is 60.7 Å². The van der Waals surface area contributed by atoms with Crippen LogP contribution >= 0.6 is 44.1 Å². The summed E-state index contributed by atoms with van der Waals surface area (Å²) < 4.78 is 12.6. The van der Waals surface area contributed by atoms with Crippen LogP contribution in [0.1, 0.15) is 0 Å². The molecular weight excluding hydrogens is 366 g/mol. The molecule has 2 aromatic rings. The van der Waals surface area contributed by atoms with Crippen LogP contribution in [-0.4, -0.2) is 4.89 Å².